The van der Waals surface area contributed by atoms with Crippen LogP contribution in [0.15, 0.2) is 24.5 Å². The van der Waals surface area contributed by atoms with Gasteiger partial charge >= 0.3 is 0 Å². The second kappa shape index (κ2) is 6.60. The first-order chi connectivity index (χ1) is 12.7. The molecule has 0 bridgehead atoms. The SMILES string of the molecule is Cc1cnc(-n2ncc3cc(Cl)c(C4CCN(C5COC5)CC4)cc32)s1. The van der Waals surface area contributed by atoms with E-state index in [1.165, 1.54) is 10.4 Å². The summed E-state index contributed by atoms with van der Waals surface area (Å²) in [6.07, 6.45) is 6.06. The summed E-state index contributed by atoms with van der Waals surface area (Å²) in [5, 5.41) is 7.38. The smallest absolute Gasteiger partial charge is 0.211 e. The lowest BCUT2D eigenvalue weighted by Gasteiger charge is -2.41. The van der Waals surface area contributed by atoms with Crippen molar-refractivity contribution >= 4 is 33.8 Å². The first-order valence-electron chi connectivity index (χ1n) is 9.11. The number of benzene rings is 1. The Hall–Kier alpha value is -1.47. The van der Waals surface area contributed by atoms with Crippen LogP contribution in [0.4, 0.5) is 0 Å². The molecule has 2 aromatic heterocycles. The highest BCUT2D eigenvalue weighted by atomic mass is 35.5. The fraction of sp³-hybridized carbons (Fsp3) is 0.474. The minimum Gasteiger partial charge on any atom is -0.378 e. The largest absolute Gasteiger partial charge is 0.378 e. The molecule has 0 spiro atoms. The van der Waals surface area contributed by atoms with Gasteiger partial charge in [-0.05, 0) is 56.5 Å². The van der Waals surface area contributed by atoms with E-state index in [0.717, 1.165) is 60.2 Å². The van der Waals surface area contributed by atoms with Crippen LogP contribution in [0.25, 0.3) is 16.0 Å². The molecule has 2 fully saturated rings. The molecule has 7 heteroatoms. The van der Waals surface area contributed by atoms with Gasteiger partial charge in [0.15, 0.2) is 0 Å². The monoisotopic (exact) mass is 388 g/mol. The summed E-state index contributed by atoms with van der Waals surface area (Å²) in [5.41, 5.74) is 2.34. The predicted molar refractivity (Wildman–Crippen MR) is 105 cm³/mol. The standard InChI is InChI=1S/C19H21ClN4OS/c1-12-8-21-19(26-12)24-18-7-16(17(20)6-14(18)9-22-24)13-2-4-23(5-3-13)15-10-25-11-15/h6-9,13,15H,2-5,10-11H2,1H3. The summed E-state index contributed by atoms with van der Waals surface area (Å²) in [5.74, 6) is 0.505. The van der Waals surface area contributed by atoms with Crippen LogP contribution < -0.4 is 0 Å². The molecule has 136 valence electrons. The zero-order valence-corrected chi connectivity index (χ0v) is 16.3. The summed E-state index contributed by atoms with van der Waals surface area (Å²) in [7, 11) is 0. The van der Waals surface area contributed by atoms with E-state index in [1.807, 2.05) is 17.1 Å². The molecule has 3 aromatic rings. The third-order valence-corrected chi connectivity index (χ3v) is 6.80. The van der Waals surface area contributed by atoms with E-state index in [2.05, 4.69) is 34.0 Å². The van der Waals surface area contributed by atoms with Gasteiger partial charge in [-0.15, -0.1) is 11.3 Å². The number of thiazole rings is 1. The highest BCUT2D eigenvalue weighted by Crippen LogP contribution is 2.37. The normalized spacial score (nSPS) is 19.9. The van der Waals surface area contributed by atoms with Crippen LogP contribution in [-0.4, -0.2) is 52.0 Å². The second-order valence-corrected chi connectivity index (χ2v) is 8.86. The van der Waals surface area contributed by atoms with Crippen molar-refractivity contribution in [3.63, 3.8) is 0 Å². The van der Waals surface area contributed by atoms with Gasteiger partial charge in [0.05, 0.1) is 31.0 Å². The third kappa shape index (κ3) is 2.85. The molecule has 5 rings (SSSR count). The summed E-state index contributed by atoms with van der Waals surface area (Å²) in [4.78, 5) is 8.24. The molecule has 0 amide bonds. The quantitative estimate of drug-likeness (QED) is 0.679. The number of nitrogens with zero attached hydrogens (tertiary/aromatic N) is 4. The number of fused-ring (bicyclic) bond motifs is 1. The number of piperidine rings is 1. The molecular formula is C19H21ClN4OS. The Kier molecular flexibility index (Phi) is 4.24. The van der Waals surface area contributed by atoms with Gasteiger partial charge in [-0.3, -0.25) is 4.90 Å². The summed E-state index contributed by atoms with van der Waals surface area (Å²) in [6, 6.07) is 4.92. The van der Waals surface area contributed by atoms with Crippen LogP contribution in [0, 0.1) is 6.92 Å². The van der Waals surface area contributed by atoms with Gasteiger partial charge in [0.1, 0.15) is 0 Å². The first-order valence-corrected chi connectivity index (χ1v) is 10.3. The average molecular weight is 389 g/mol. The van der Waals surface area contributed by atoms with Gasteiger partial charge in [-0.25, -0.2) is 9.67 Å². The molecule has 5 nitrogen and oxygen atoms in total. The second-order valence-electron chi connectivity index (χ2n) is 7.24. The first kappa shape index (κ1) is 16.7. The Balaban J connectivity index is 1.45. The zero-order valence-electron chi connectivity index (χ0n) is 14.7. The summed E-state index contributed by atoms with van der Waals surface area (Å²) < 4.78 is 7.28. The van der Waals surface area contributed by atoms with E-state index in [4.69, 9.17) is 16.3 Å². The maximum absolute atomic E-state index is 6.65. The van der Waals surface area contributed by atoms with Gasteiger partial charge < -0.3 is 4.74 Å². The summed E-state index contributed by atoms with van der Waals surface area (Å²) in [6.45, 7) is 6.10. The van der Waals surface area contributed by atoms with E-state index in [1.54, 1.807) is 11.3 Å². The minimum absolute atomic E-state index is 0.505. The number of likely N-dealkylation sites (tertiary alicyclic amines) is 1. The Morgan fingerprint density at radius 2 is 2.00 bits per heavy atom. The van der Waals surface area contributed by atoms with Gasteiger partial charge in [0.2, 0.25) is 5.13 Å². The molecule has 2 aliphatic rings. The Bertz CT molecular complexity index is 940. The number of halogens is 1. The molecule has 0 aliphatic carbocycles. The van der Waals surface area contributed by atoms with Gasteiger partial charge in [0.25, 0.3) is 0 Å². The topological polar surface area (TPSA) is 43.2 Å². The predicted octanol–water partition coefficient (Wildman–Crippen LogP) is 4.02. The van der Waals surface area contributed by atoms with Crippen LogP contribution in [0.3, 0.4) is 0 Å². The molecule has 4 heterocycles. The number of hydrogen-bond donors (Lipinski definition) is 0. The van der Waals surface area contributed by atoms with E-state index < -0.39 is 0 Å². The number of hydrogen-bond acceptors (Lipinski definition) is 5. The highest BCUT2D eigenvalue weighted by molar-refractivity contribution is 7.14. The molecule has 0 N–H and O–H groups in total. The average Bonchev–Trinajstić information content (AvgIpc) is 3.19. The van der Waals surface area contributed by atoms with Crippen LogP contribution in [0.1, 0.15) is 29.2 Å². The number of ether oxygens (including phenoxy) is 1. The van der Waals surface area contributed by atoms with Crippen molar-refractivity contribution in [3.05, 3.63) is 40.0 Å². The maximum Gasteiger partial charge on any atom is 0.211 e. The lowest BCUT2D eigenvalue weighted by molar-refractivity contribution is -0.0712. The highest BCUT2D eigenvalue weighted by Gasteiger charge is 2.30. The van der Waals surface area contributed by atoms with Gasteiger partial charge in [-0.1, -0.05) is 11.6 Å². The van der Waals surface area contributed by atoms with E-state index in [9.17, 15) is 0 Å². The lowest BCUT2D eigenvalue weighted by Crippen LogP contribution is -2.51. The van der Waals surface area contributed by atoms with E-state index in [0.29, 0.717) is 12.0 Å². The lowest BCUT2D eigenvalue weighted by atomic mass is 9.88. The third-order valence-electron chi connectivity index (χ3n) is 5.58. The fourth-order valence-electron chi connectivity index (χ4n) is 3.98. The molecule has 0 saturated carbocycles. The molecule has 0 radical (unpaired) electrons. The molecule has 26 heavy (non-hydrogen) atoms. The van der Waals surface area contributed by atoms with E-state index >= 15 is 0 Å². The number of rotatable bonds is 3. The van der Waals surface area contributed by atoms with Gasteiger partial charge in [-0.2, -0.15) is 5.10 Å². The Labute approximate surface area is 161 Å². The maximum atomic E-state index is 6.65. The van der Waals surface area contributed by atoms with Crippen molar-refractivity contribution in [2.24, 2.45) is 0 Å². The molecular weight excluding hydrogens is 368 g/mol. The molecule has 0 unspecified atom stereocenters. The van der Waals surface area contributed by atoms with Crippen molar-refractivity contribution < 1.29 is 4.74 Å². The van der Waals surface area contributed by atoms with Crippen LogP contribution >= 0.6 is 22.9 Å². The molecule has 2 saturated heterocycles. The Morgan fingerprint density at radius 1 is 1.19 bits per heavy atom. The summed E-state index contributed by atoms with van der Waals surface area (Å²) >= 11 is 8.31. The molecule has 0 atom stereocenters. The van der Waals surface area contributed by atoms with Crippen molar-refractivity contribution in [1.82, 2.24) is 19.7 Å². The fourth-order valence-corrected chi connectivity index (χ4v) is 5.04. The van der Waals surface area contributed by atoms with Crippen molar-refractivity contribution in [2.75, 3.05) is 26.3 Å². The Morgan fingerprint density at radius 3 is 2.65 bits per heavy atom. The van der Waals surface area contributed by atoms with Crippen LogP contribution in [0.5, 0.6) is 0 Å². The zero-order chi connectivity index (χ0) is 17.7. The molecule has 1 aromatic carbocycles. The van der Waals surface area contributed by atoms with Gasteiger partial charge in [0, 0.05) is 21.5 Å². The molecule has 2 aliphatic heterocycles. The van der Waals surface area contributed by atoms with Crippen molar-refractivity contribution in [3.8, 4) is 5.13 Å². The van der Waals surface area contributed by atoms with Crippen molar-refractivity contribution in [1.29, 1.82) is 0 Å². The van der Waals surface area contributed by atoms with Crippen molar-refractivity contribution in [2.45, 2.75) is 31.7 Å². The van der Waals surface area contributed by atoms with E-state index in [-0.39, 0.29) is 0 Å². The number of aromatic nitrogens is 3. The van der Waals surface area contributed by atoms with Crippen LogP contribution in [-0.2, 0) is 4.74 Å². The minimum atomic E-state index is 0.505. The van der Waals surface area contributed by atoms with Crippen LogP contribution in [0.2, 0.25) is 5.02 Å². The number of aryl methyl sites for hydroxylation is 1.